The zero-order chi connectivity index (χ0) is 17.2. The third-order valence-electron chi connectivity index (χ3n) is 4.07. The van der Waals surface area contributed by atoms with Gasteiger partial charge >= 0.3 is 0 Å². The molecule has 5 nitrogen and oxygen atoms in total. The van der Waals surface area contributed by atoms with Crippen molar-refractivity contribution in [2.75, 3.05) is 7.05 Å². The number of guanidine groups is 1. The number of imidazole rings is 1. The first-order valence-electron chi connectivity index (χ1n) is 8.78. The Morgan fingerprint density at radius 3 is 2.83 bits per heavy atom. The average molecular weight is 327 g/mol. The van der Waals surface area contributed by atoms with Crippen LogP contribution in [0.25, 0.3) is 5.69 Å². The molecule has 5 heteroatoms. The minimum atomic E-state index is 0.423. The van der Waals surface area contributed by atoms with Gasteiger partial charge < -0.3 is 15.2 Å². The van der Waals surface area contributed by atoms with Crippen LogP contribution in [-0.2, 0) is 6.54 Å². The van der Waals surface area contributed by atoms with Crippen molar-refractivity contribution >= 4 is 5.96 Å². The molecule has 0 aliphatic carbocycles. The van der Waals surface area contributed by atoms with E-state index in [1.54, 1.807) is 6.20 Å². The molecule has 24 heavy (non-hydrogen) atoms. The van der Waals surface area contributed by atoms with Crippen LogP contribution in [0, 0.1) is 0 Å². The first-order valence-corrected chi connectivity index (χ1v) is 8.78. The van der Waals surface area contributed by atoms with Gasteiger partial charge in [0.25, 0.3) is 0 Å². The molecule has 0 radical (unpaired) electrons. The van der Waals surface area contributed by atoms with Crippen LogP contribution < -0.4 is 10.6 Å². The van der Waals surface area contributed by atoms with E-state index in [1.807, 2.05) is 30.2 Å². The highest BCUT2D eigenvalue weighted by Gasteiger charge is 2.07. The minimum absolute atomic E-state index is 0.423. The summed E-state index contributed by atoms with van der Waals surface area (Å²) in [5, 5.41) is 6.88. The molecule has 130 valence electrons. The number of hydrogen-bond donors (Lipinski definition) is 2. The molecule has 2 aromatic rings. The molecule has 0 bridgehead atoms. The smallest absolute Gasteiger partial charge is 0.191 e. The molecule has 0 spiro atoms. The standard InChI is InChI=1S/C19H29N5/c1-4-5-6-9-16(2)23-19(20-3)22-14-17-10-7-8-11-18(17)24-13-12-21-15-24/h7-8,10-13,15-16H,4-6,9,14H2,1-3H3,(H2,20,22,23). The number of para-hydroxylation sites is 1. The van der Waals surface area contributed by atoms with Crippen molar-refractivity contribution in [3.05, 3.63) is 48.5 Å². The molecule has 1 aromatic heterocycles. The topological polar surface area (TPSA) is 54.2 Å². The molecule has 1 heterocycles. The minimum Gasteiger partial charge on any atom is -0.354 e. The van der Waals surface area contributed by atoms with E-state index >= 15 is 0 Å². The van der Waals surface area contributed by atoms with Gasteiger partial charge in [0.15, 0.2) is 5.96 Å². The third-order valence-corrected chi connectivity index (χ3v) is 4.07. The van der Waals surface area contributed by atoms with Crippen LogP contribution >= 0.6 is 0 Å². The van der Waals surface area contributed by atoms with Crippen molar-refractivity contribution in [1.82, 2.24) is 20.2 Å². The number of unbranched alkanes of at least 4 members (excludes halogenated alkanes) is 2. The Morgan fingerprint density at radius 1 is 1.29 bits per heavy atom. The van der Waals surface area contributed by atoms with Gasteiger partial charge in [-0.15, -0.1) is 0 Å². The fourth-order valence-corrected chi connectivity index (χ4v) is 2.69. The van der Waals surface area contributed by atoms with Gasteiger partial charge in [0.05, 0.1) is 12.0 Å². The summed E-state index contributed by atoms with van der Waals surface area (Å²) in [7, 11) is 1.82. The SMILES string of the molecule is CCCCCC(C)NC(=NC)NCc1ccccc1-n1ccnc1. The second kappa shape index (κ2) is 9.75. The second-order valence-electron chi connectivity index (χ2n) is 6.07. The van der Waals surface area contributed by atoms with Crippen molar-refractivity contribution < 1.29 is 0 Å². The predicted octanol–water partition coefficient (Wildman–Crippen LogP) is 3.51. The van der Waals surface area contributed by atoms with E-state index in [9.17, 15) is 0 Å². The van der Waals surface area contributed by atoms with E-state index in [2.05, 4.69) is 52.7 Å². The number of aliphatic imine (C=N–C) groups is 1. The van der Waals surface area contributed by atoms with Crippen LogP contribution in [0.15, 0.2) is 48.0 Å². The van der Waals surface area contributed by atoms with Gasteiger partial charge in [-0.1, -0.05) is 44.4 Å². The van der Waals surface area contributed by atoms with Crippen molar-refractivity contribution in [3.63, 3.8) is 0 Å². The lowest BCUT2D eigenvalue weighted by molar-refractivity contribution is 0.546. The molecule has 0 aliphatic heterocycles. The molecule has 2 N–H and O–H groups in total. The number of nitrogens with zero attached hydrogens (tertiary/aromatic N) is 3. The van der Waals surface area contributed by atoms with E-state index in [0.717, 1.165) is 18.2 Å². The highest BCUT2D eigenvalue weighted by atomic mass is 15.2. The van der Waals surface area contributed by atoms with Gasteiger partial charge in [-0.25, -0.2) is 4.98 Å². The van der Waals surface area contributed by atoms with Crippen molar-refractivity contribution in [2.24, 2.45) is 4.99 Å². The maximum absolute atomic E-state index is 4.34. The summed E-state index contributed by atoms with van der Waals surface area (Å²) in [6.07, 6.45) is 10.5. The molecular formula is C19H29N5. The summed E-state index contributed by atoms with van der Waals surface area (Å²) in [5.41, 5.74) is 2.34. The van der Waals surface area contributed by atoms with E-state index < -0.39 is 0 Å². The van der Waals surface area contributed by atoms with Gasteiger partial charge in [-0.05, 0) is 25.0 Å². The predicted molar refractivity (Wildman–Crippen MR) is 101 cm³/mol. The molecule has 2 rings (SSSR count). The van der Waals surface area contributed by atoms with Crippen molar-refractivity contribution in [2.45, 2.75) is 52.1 Å². The van der Waals surface area contributed by atoms with E-state index in [1.165, 1.54) is 31.2 Å². The fraction of sp³-hybridized carbons (Fsp3) is 0.474. The Balaban J connectivity index is 1.92. The molecule has 1 aromatic carbocycles. The number of hydrogen-bond acceptors (Lipinski definition) is 2. The molecule has 1 atom stereocenters. The van der Waals surface area contributed by atoms with Crippen LogP contribution in [0.3, 0.4) is 0 Å². The summed E-state index contributed by atoms with van der Waals surface area (Å²) in [4.78, 5) is 8.47. The van der Waals surface area contributed by atoms with Crippen LogP contribution in [0.1, 0.15) is 45.1 Å². The summed E-state index contributed by atoms with van der Waals surface area (Å²) in [5.74, 6) is 0.847. The number of aromatic nitrogens is 2. The normalized spacial score (nSPS) is 12.9. The lowest BCUT2D eigenvalue weighted by atomic mass is 10.1. The average Bonchev–Trinajstić information content (AvgIpc) is 3.13. The monoisotopic (exact) mass is 327 g/mol. The van der Waals surface area contributed by atoms with Crippen LogP contribution in [0.4, 0.5) is 0 Å². The Bertz CT molecular complexity index is 618. The Labute approximate surface area is 145 Å². The summed E-state index contributed by atoms with van der Waals surface area (Å²) in [6.45, 7) is 5.16. The van der Waals surface area contributed by atoms with Gasteiger partial charge in [0.1, 0.15) is 0 Å². The first kappa shape index (κ1) is 18.0. The largest absolute Gasteiger partial charge is 0.354 e. The molecule has 0 saturated carbocycles. The van der Waals surface area contributed by atoms with Crippen LogP contribution in [-0.4, -0.2) is 28.6 Å². The third kappa shape index (κ3) is 5.41. The highest BCUT2D eigenvalue weighted by molar-refractivity contribution is 5.80. The zero-order valence-electron chi connectivity index (χ0n) is 15.0. The van der Waals surface area contributed by atoms with Gasteiger partial charge in [-0.2, -0.15) is 0 Å². The van der Waals surface area contributed by atoms with Crippen molar-refractivity contribution in [3.8, 4) is 5.69 Å². The molecule has 0 aliphatic rings. The summed E-state index contributed by atoms with van der Waals surface area (Å²) >= 11 is 0. The molecule has 0 amide bonds. The van der Waals surface area contributed by atoms with Gasteiger partial charge in [0, 0.05) is 32.0 Å². The second-order valence-corrected chi connectivity index (χ2v) is 6.07. The van der Waals surface area contributed by atoms with Gasteiger partial charge in [-0.3, -0.25) is 4.99 Å². The number of benzene rings is 1. The van der Waals surface area contributed by atoms with E-state index in [-0.39, 0.29) is 0 Å². The van der Waals surface area contributed by atoms with E-state index in [0.29, 0.717) is 6.04 Å². The summed E-state index contributed by atoms with van der Waals surface area (Å²) < 4.78 is 2.03. The van der Waals surface area contributed by atoms with E-state index in [4.69, 9.17) is 0 Å². The van der Waals surface area contributed by atoms with Crippen LogP contribution in [0.5, 0.6) is 0 Å². The quantitative estimate of drug-likeness (QED) is 0.443. The molecular weight excluding hydrogens is 298 g/mol. The Morgan fingerprint density at radius 2 is 2.12 bits per heavy atom. The zero-order valence-corrected chi connectivity index (χ0v) is 15.0. The maximum atomic E-state index is 4.34. The first-order chi connectivity index (χ1) is 11.7. The molecule has 0 saturated heterocycles. The van der Waals surface area contributed by atoms with Gasteiger partial charge in [0.2, 0.25) is 0 Å². The Kier molecular flexibility index (Phi) is 7.33. The van der Waals surface area contributed by atoms with Crippen LogP contribution in [0.2, 0.25) is 0 Å². The summed E-state index contributed by atoms with van der Waals surface area (Å²) in [6, 6.07) is 8.75. The molecule has 0 fully saturated rings. The van der Waals surface area contributed by atoms with Crippen molar-refractivity contribution in [1.29, 1.82) is 0 Å². The molecule has 1 unspecified atom stereocenters. The number of nitrogens with one attached hydrogen (secondary N) is 2. The number of rotatable bonds is 8. The lowest BCUT2D eigenvalue weighted by Crippen LogP contribution is -2.41. The fourth-order valence-electron chi connectivity index (χ4n) is 2.69. The maximum Gasteiger partial charge on any atom is 0.191 e. The lowest BCUT2D eigenvalue weighted by Gasteiger charge is -2.18. The Hall–Kier alpha value is -2.30. The highest BCUT2D eigenvalue weighted by Crippen LogP contribution is 2.13.